The summed E-state index contributed by atoms with van der Waals surface area (Å²) in [5.41, 5.74) is 0.389. The number of sulfonamides is 1. The summed E-state index contributed by atoms with van der Waals surface area (Å²) in [5, 5.41) is 11.5. The minimum atomic E-state index is -3.87. The Balaban J connectivity index is 3.10. The van der Waals surface area contributed by atoms with E-state index in [-0.39, 0.29) is 22.2 Å². The molecule has 1 heterocycles. The molecule has 0 atom stereocenters. The number of nitrogens with zero attached hydrogens (tertiary/aromatic N) is 1. The summed E-state index contributed by atoms with van der Waals surface area (Å²) in [6.07, 6.45) is 0. The Morgan fingerprint density at radius 1 is 1.38 bits per heavy atom. The van der Waals surface area contributed by atoms with E-state index in [1.165, 1.54) is 6.07 Å². The van der Waals surface area contributed by atoms with E-state index < -0.39 is 21.9 Å². The van der Waals surface area contributed by atoms with Gasteiger partial charge in [0.1, 0.15) is 9.09 Å². The van der Waals surface area contributed by atoms with Crippen LogP contribution in [0.1, 0.15) is 29.1 Å². The van der Waals surface area contributed by atoms with Crippen LogP contribution in [0.4, 0.5) is 0 Å². The first kappa shape index (κ1) is 17.6. The number of nitrogens with one attached hydrogen (secondary N) is 1. The van der Waals surface area contributed by atoms with Gasteiger partial charge in [0.05, 0.1) is 6.54 Å². The molecule has 0 aliphatic carbocycles. The lowest BCUT2D eigenvalue weighted by atomic mass is 10.3. The van der Waals surface area contributed by atoms with Crippen molar-refractivity contribution in [1.82, 2.24) is 9.62 Å². The summed E-state index contributed by atoms with van der Waals surface area (Å²) in [4.78, 5) is 22.6. The van der Waals surface area contributed by atoms with E-state index in [9.17, 15) is 18.0 Å². The van der Waals surface area contributed by atoms with Crippen molar-refractivity contribution >= 4 is 33.2 Å². The fraction of sp³-hybridized carbons (Fsp3) is 0.500. The summed E-state index contributed by atoms with van der Waals surface area (Å²) in [6.45, 7) is 5.15. The van der Waals surface area contributed by atoms with Crippen molar-refractivity contribution in [3.63, 3.8) is 0 Å². The number of carbonyl (C=O) groups is 2. The standard InChI is InChI=1S/C12H18N2O5S2/c1-4-13-9(15)7-14(5-2)21(18,19)10-6-8(3)11(20-10)12(16)17/h6H,4-5,7H2,1-3H3,(H,13,15)(H,16,17). The van der Waals surface area contributed by atoms with Gasteiger partial charge >= 0.3 is 5.97 Å². The van der Waals surface area contributed by atoms with E-state index in [2.05, 4.69) is 5.32 Å². The number of amides is 1. The second kappa shape index (κ2) is 7.01. The molecule has 118 valence electrons. The fourth-order valence-corrected chi connectivity index (χ4v) is 4.64. The second-order valence-corrected chi connectivity index (χ2v) is 7.48. The van der Waals surface area contributed by atoms with E-state index in [1.807, 2.05) is 0 Å². The van der Waals surface area contributed by atoms with Gasteiger partial charge in [-0.3, -0.25) is 4.79 Å². The van der Waals surface area contributed by atoms with Crippen molar-refractivity contribution in [2.45, 2.75) is 25.0 Å². The normalized spacial score (nSPS) is 11.6. The van der Waals surface area contributed by atoms with Crippen LogP contribution in [0, 0.1) is 6.92 Å². The van der Waals surface area contributed by atoms with Crippen molar-refractivity contribution < 1.29 is 23.1 Å². The number of hydrogen-bond acceptors (Lipinski definition) is 5. The Labute approximate surface area is 127 Å². The van der Waals surface area contributed by atoms with Crippen molar-refractivity contribution in [2.24, 2.45) is 0 Å². The first-order valence-corrected chi connectivity index (χ1v) is 8.60. The fourth-order valence-electron chi connectivity index (χ4n) is 1.70. The van der Waals surface area contributed by atoms with E-state index in [4.69, 9.17) is 5.11 Å². The summed E-state index contributed by atoms with van der Waals surface area (Å²) in [7, 11) is -3.87. The number of aryl methyl sites for hydroxylation is 1. The van der Waals surface area contributed by atoms with E-state index in [0.29, 0.717) is 23.4 Å². The Morgan fingerprint density at radius 2 is 2.00 bits per heavy atom. The monoisotopic (exact) mass is 334 g/mol. The van der Waals surface area contributed by atoms with Gasteiger partial charge in [0.25, 0.3) is 10.0 Å². The number of carboxylic acids is 1. The summed E-state index contributed by atoms with van der Waals surface area (Å²) >= 11 is 0.698. The molecule has 1 aromatic rings. The first-order valence-electron chi connectivity index (χ1n) is 6.34. The third-order valence-corrected chi connectivity index (χ3v) is 6.33. The molecule has 2 N–H and O–H groups in total. The van der Waals surface area contributed by atoms with Crippen LogP contribution in [0.5, 0.6) is 0 Å². The highest BCUT2D eigenvalue weighted by Crippen LogP contribution is 2.28. The Morgan fingerprint density at radius 3 is 2.43 bits per heavy atom. The predicted octanol–water partition coefficient (Wildman–Crippen LogP) is 0.901. The minimum Gasteiger partial charge on any atom is -0.477 e. The summed E-state index contributed by atoms with van der Waals surface area (Å²) < 4.78 is 25.9. The van der Waals surface area contributed by atoms with Crippen LogP contribution in [0.25, 0.3) is 0 Å². The highest BCUT2D eigenvalue weighted by Gasteiger charge is 2.28. The van der Waals surface area contributed by atoms with E-state index in [0.717, 1.165) is 4.31 Å². The van der Waals surface area contributed by atoms with Crippen LogP contribution in [0.2, 0.25) is 0 Å². The number of thiophene rings is 1. The van der Waals surface area contributed by atoms with Crippen LogP contribution in [0.15, 0.2) is 10.3 Å². The minimum absolute atomic E-state index is 0.0114. The maximum absolute atomic E-state index is 12.5. The zero-order valence-electron chi connectivity index (χ0n) is 12.0. The quantitative estimate of drug-likeness (QED) is 0.771. The molecule has 7 nitrogen and oxygen atoms in total. The lowest BCUT2D eigenvalue weighted by Gasteiger charge is -2.18. The van der Waals surface area contributed by atoms with Gasteiger partial charge in [-0.05, 0) is 25.5 Å². The predicted molar refractivity (Wildman–Crippen MR) is 79.1 cm³/mol. The molecule has 0 aromatic carbocycles. The van der Waals surface area contributed by atoms with Crippen molar-refractivity contribution in [1.29, 1.82) is 0 Å². The highest BCUT2D eigenvalue weighted by molar-refractivity contribution is 7.91. The Bertz CT molecular complexity index is 636. The van der Waals surface area contributed by atoms with Gasteiger partial charge in [-0.25, -0.2) is 13.2 Å². The van der Waals surface area contributed by atoms with E-state index in [1.54, 1.807) is 20.8 Å². The van der Waals surface area contributed by atoms with Crippen LogP contribution in [0.3, 0.4) is 0 Å². The lowest BCUT2D eigenvalue weighted by molar-refractivity contribution is -0.121. The Hall–Kier alpha value is -1.45. The van der Waals surface area contributed by atoms with Crippen LogP contribution >= 0.6 is 11.3 Å². The topological polar surface area (TPSA) is 104 Å². The highest BCUT2D eigenvalue weighted by atomic mass is 32.2. The van der Waals surface area contributed by atoms with Gasteiger partial charge in [0, 0.05) is 13.1 Å². The molecule has 0 aliphatic heterocycles. The van der Waals surface area contributed by atoms with Crippen LogP contribution < -0.4 is 5.32 Å². The molecule has 1 rings (SSSR count). The number of carboxylic acid groups (broad SMARTS) is 1. The second-order valence-electron chi connectivity index (χ2n) is 4.27. The molecular weight excluding hydrogens is 316 g/mol. The maximum atomic E-state index is 12.5. The lowest BCUT2D eigenvalue weighted by Crippen LogP contribution is -2.40. The average molecular weight is 334 g/mol. The van der Waals surface area contributed by atoms with Gasteiger partial charge < -0.3 is 10.4 Å². The molecule has 1 amide bonds. The average Bonchev–Trinajstić information content (AvgIpc) is 2.79. The largest absolute Gasteiger partial charge is 0.477 e. The first-order chi connectivity index (χ1) is 9.73. The number of rotatable bonds is 7. The van der Waals surface area contributed by atoms with Crippen LogP contribution in [-0.2, 0) is 14.8 Å². The molecule has 0 fully saturated rings. The zero-order chi connectivity index (χ0) is 16.2. The molecule has 0 aliphatic rings. The third kappa shape index (κ3) is 4.02. The van der Waals surface area contributed by atoms with Crippen molar-refractivity contribution in [3.8, 4) is 0 Å². The summed E-state index contributed by atoms with van der Waals surface area (Å²) in [6, 6.07) is 1.32. The molecular formula is C12H18N2O5S2. The Kier molecular flexibility index (Phi) is 5.87. The molecule has 21 heavy (non-hydrogen) atoms. The maximum Gasteiger partial charge on any atom is 0.346 e. The molecule has 0 saturated carbocycles. The van der Waals surface area contributed by atoms with Crippen molar-refractivity contribution in [3.05, 3.63) is 16.5 Å². The van der Waals surface area contributed by atoms with Gasteiger partial charge in [-0.2, -0.15) is 4.31 Å². The van der Waals surface area contributed by atoms with E-state index >= 15 is 0 Å². The molecule has 0 saturated heterocycles. The smallest absolute Gasteiger partial charge is 0.346 e. The number of likely N-dealkylation sites (N-methyl/N-ethyl adjacent to an activating group) is 2. The number of carbonyl (C=O) groups excluding carboxylic acids is 1. The third-order valence-electron chi connectivity index (χ3n) is 2.73. The van der Waals surface area contributed by atoms with Gasteiger partial charge in [0.2, 0.25) is 5.91 Å². The molecule has 1 aromatic heterocycles. The molecule has 9 heteroatoms. The van der Waals surface area contributed by atoms with Gasteiger partial charge in [-0.15, -0.1) is 11.3 Å². The van der Waals surface area contributed by atoms with Gasteiger partial charge in [-0.1, -0.05) is 6.92 Å². The molecule has 0 unspecified atom stereocenters. The SMILES string of the molecule is CCNC(=O)CN(CC)S(=O)(=O)c1cc(C)c(C(=O)O)s1. The zero-order valence-corrected chi connectivity index (χ0v) is 13.7. The molecule has 0 radical (unpaired) electrons. The number of aromatic carboxylic acids is 1. The molecule has 0 bridgehead atoms. The van der Waals surface area contributed by atoms with Crippen molar-refractivity contribution in [2.75, 3.05) is 19.6 Å². The number of hydrogen-bond donors (Lipinski definition) is 2. The summed E-state index contributed by atoms with van der Waals surface area (Å²) in [5.74, 6) is -1.56. The molecule has 0 spiro atoms. The van der Waals surface area contributed by atoms with Gasteiger partial charge in [0.15, 0.2) is 0 Å². The van der Waals surface area contributed by atoms with Crippen LogP contribution in [-0.4, -0.2) is 49.3 Å².